The van der Waals surface area contributed by atoms with Crippen molar-refractivity contribution < 1.29 is 17.9 Å². The number of ether oxygens (including phenoxy) is 1. The van der Waals surface area contributed by atoms with E-state index in [4.69, 9.17) is 4.74 Å². The second-order valence-electron chi connectivity index (χ2n) is 6.20. The zero-order valence-corrected chi connectivity index (χ0v) is 15.2. The molecule has 0 atom stereocenters. The van der Waals surface area contributed by atoms with E-state index >= 15 is 0 Å². The average molecular weight is 384 g/mol. The number of alkyl halides is 3. The van der Waals surface area contributed by atoms with Crippen molar-refractivity contribution in [1.29, 1.82) is 0 Å². The van der Waals surface area contributed by atoms with Gasteiger partial charge < -0.3 is 4.74 Å². The number of nitrogens with one attached hydrogen (secondary N) is 1. The minimum atomic E-state index is -4.35. The van der Waals surface area contributed by atoms with Gasteiger partial charge in [-0.2, -0.15) is 18.3 Å². The number of para-hydroxylation sites is 1. The Hall–Kier alpha value is -3.28. The Bertz CT molecular complexity index is 950. The molecule has 0 saturated heterocycles. The van der Waals surface area contributed by atoms with Crippen molar-refractivity contribution in [2.75, 3.05) is 5.43 Å². The SMILES string of the molecule is Cc1ccccc1COc1ccccc1C=NNc1ccc(C(F)(F)F)cc1. The molecule has 3 aromatic carbocycles. The van der Waals surface area contributed by atoms with E-state index in [2.05, 4.69) is 10.5 Å². The van der Waals surface area contributed by atoms with Crippen LogP contribution in [-0.2, 0) is 12.8 Å². The number of rotatable bonds is 6. The number of benzene rings is 3. The molecule has 3 nitrogen and oxygen atoms in total. The molecule has 3 rings (SSSR count). The third-order valence-corrected chi connectivity index (χ3v) is 4.17. The molecule has 0 aliphatic carbocycles. The topological polar surface area (TPSA) is 33.6 Å². The zero-order valence-electron chi connectivity index (χ0n) is 15.2. The first-order valence-corrected chi connectivity index (χ1v) is 8.66. The monoisotopic (exact) mass is 384 g/mol. The fraction of sp³-hybridized carbons (Fsp3) is 0.136. The van der Waals surface area contributed by atoms with Crippen LogP contribution in [-0.4, -0.2) is 6.21 Å². The summed E-state index contributed by atoms with van der Waals surface area (Å²) in [4.78, 5) is 0. The van der Waals surface area contributed by atoms with E-state index < -0.39 is 11.7 Å². The highest BCUT2D eigenvalue weighted by Crippen LogP contribution is 2.29. The second kappa shape index (κ2) is 8.61. The van der Waals surface area contributed by atoms with Crippen LogP contribution in [0.3, 0.4) is 0 Å². The first-order chi connectivity index (χ1) is 13.4. The summed E-state index contributed by atoms with van der Waals surface area (Å²) in [5, 5.41) is 4.10. The van der Waals surface area contributed by atoms with E-state index in [1.807, 2.05) is 55.5 Å². The number of nitrogens with zero attached hydrogens (tertiary/aromatic N) is 1. The van der Waals surface area contributed by atoms with Gasteiger partial charge in [-0.3, -0.25) is 5.43 Å². The molecule has 0 amide bonds. The van der Waals surface area contributed by atoms with E-state index in [-0.39, 0.29) is 0 Å². The standard InChI is InChI=1S/C22H19F3N2O/c1-16-6-2-3-8-18(16)15-28-21-9-5-4-7-17(21)14-26-27-20-12-10-19(11-13-20)22(23,24)25/h2-14,27H,15H2,1H3. The maximum atomic E-state index is 12.6. The van der Waals surface area contributed by atoms with Gasteiger partial charge in [-0.25, -0.2) is 0 Å². The largest absolute Gasteiger partial charge is 0.488 e. The van der Waals surface area contributed by atoms with Gasteiger partial charge in [-0.05, 0) is 54.4 Å². The number of hydrogen-bond acceptors (Lipinski definition) is 3. The number of hydrogen-bond donors (Lipinski definition) is 1. The average Bonchev–Trinajstić information content (AvgIpc) is 2.68. The van der Waals surface area contributed by atoms with Gasteiger partial charge in [-0.1, -0.05) is 36.4 Å². The van der Waals surface area contributed by atoms with E-state index in [0.717, 1.165) is 28.8 Å². The highest BCUT2D eigenvalue weighted by molar-refractivity contribution is 5.84. The molecule has 0 bridgehead atoms. The molecule has 3 aromatic rings. The third kappa shape index (κ3) is 5.13. The van der Waals surface area contributed by atoms with E-state index in [1.165, 1.54) is 12.1 Å². The molecule has 1 N–H and O–H groups in total. The molecule has 0 fully saturated rings. The predicted molar refractivity (Wildman–Crippen MR) is 105 cm³/mol. The van der Waals surface area contributed by atoms with Crippen molar-refractivity contribution >= 4 is 11.9 Å². The quantitative estimate of drug-likeness (QED) is 0.415. The highest BCUT2D eigenvalue weighted by atomic mass is 19.4. The van der Waals surface area contributed by atoms with Crippen LogP contribution in [0.1, 0.15) is 22.3 Å². The Morgan fingerprint density at radius 1 is 0.929 bits per heavy atom. The predicted octanol–water partition coefficient (Wildman–Crippen LogP) is 6.04. The Morgan fingerprint density at radius 3 is 2.32 bits per heavy atom. The van der Waals surface area contributed by atoms with Gasteiger partial charge in [0.25, 0.3) is 0 Å². The van der Waals surface area contributed by atoms with Gasteiger partial charge in [-0.15, -0.1) is 0 Å². The molecule has 28 heavy (non-hydrogen) atoms. The summed E-state index contributed by atoms with van der Waals surface area (Å²) < 4.78 is 43.7. The summed E-state index contributed by atoms with van der Waals surface area (Å²) in [5.41, 5.74) is 5.50. The molecule has 0 saturated carbocycles. The molecule has 0 heterocycles. The van der Waals surface area contributed by atoms with Crippen LogP contribution in [0.2, 0.25) is 0 Å². The molecule has 0 radical (unpaired) electrons. The van der Waals surface area contributed by atoms with Gasteiger partial charge in [0.05, 0.1) is 17.5 Å². The van der Waals surface area contributed by atoms with Crippen molar-refractivity contribution in [3.63, 3.8) is 0 Å². The number of hydrazone groups is 1. The summed E-state index contributed by atoms with van der Waals surface area (Å²) in [6.07, 6.45) is -2.78. The minimum absolute atomic E-state index is 0.434. The Balaban J connectivity index is 1.65. The summed E-state index contributed by atoms with van der Waals surface area (Å²) in [6.45, 7) is 2.46. The lowest BCUT2D eigenvalue weighted by atomic mass is 10.1. The van der Waals surface area contributed by atoms with Crippen molar-refractivity contribution in [2.45, 2.75) is 19.7 Å². The molecule has 6 heteroatoms. The third-order valence-electron chi connectivity index (χ3n) is 4.17. The lowest BCUT2D eigenvalue weighted by Crippen LogP contribution is -2.04. The van der Waals surface area contributed by atoms with Gasteiger partial charge in [0.1, 0.15) is 12.4 Å². The molecule has 0 spiro atoms. The number of anilines is 1. The van der Waals surface area contributed by atoms with Crippen molar-refractivity contribution in [2.24, 2.45) is 5.10 Å². The van der Waals surface area contributed by atoms with Crippen LogP contribution in [0.4, 0.5) is 18.9 Å². The fourth-order valence-electron chi connectivity index (χ4n) is 2.56. The molecule has 0 aliphatic rings. The lowest BCUT2D eigenvalue weighted by molar-refractivity contribution is -0.137. The fourth-order valence-corrected chi connectivity index (χ4v) is 2.56. The van der Waals surface area contributed by atoms with E-state index in [0.29, 0.717) is 18.0 Å². The normalized spacial score (nSPS) is 11.6. The summed E-state index contributed by atoms with van der Waals surface area (Å²) >= 11 is 0. The zero-order chi connectivity index (χ0) is 20.0. The molecule has 0 unspecified atom stereocenters. The maximum absolute atomic E-state index is 12.6. The van der Waals surface area contributed by atoms with Crippen LogP contribution >= 0.6 is 0 Å². The summed E-state index contributed by atoms with van der Waals surface area (Å²) in [7, 11) is 0. The van der Waals surface area contributed by atoms with E-state index in [1.54, 1.807) is 6.21 Å². The van der Waals surface area contributed by atoms with Crippen LogP contribution in [0.15, 0.2) is 77.9 Å². The Morgan fingerprint density at radius 2 is 1.61 bits per heavy atom. The van der Waals surface area contributed by atoms with Gasteiger partial charge >= 0.3 is 6.18 Å². The molecule has 144 valence electrons. The van der Waals surface area contributed by atoms with Gasteiger partial charge in [0.15, 0.2) is 0 Å². The summed E-state index contributed by atoms with van der Waals surface area (Å²) in [5.74, 6) is 0.670. The number of aryl methyl sites for hydroxylation is 1. The first kappa shape index (κ1) is 19.5. The smallest absolute Gasteiger partial charge is 0.416 e. The molecule has 0 aliphatic heterocycles. The molecule has 0 aromatic heterocycles. The van der Waals surface area contributed by atoms with Crippen molar-refractivity contribution in [1.82, 2.24) is 0 Å². The Labute approximate surface area is 161 Å². The Kier molecular flexibility index (Phi) is 5.99. The number of halogens is 3. The van der Waals surface area contributed by atoms with Crippen LogP contribution in [0.25, 0.3) is 0 Å². The van der Waals surface area contributed by atoms with E-state index in [9.17, 15) is 13.2 Å². The van der Waals surface area contributed by atoms with Crippen LogP contribution in [0, 0.1) is 6.92 Å². The minimum Gasteiger partial charge on any atom is -0.488 e. The van der Waals surface area contributed by atoms with Gasteiger partial charge in [0.2, 0.25) is 0 Å². The second-order valence-corrected chi connectivity index (χ2v) is 6.20. The molecular formula is C22H19F3N2O. The molecular weight excluding hydrogens is 365 g/mol. The van der Waals surface area contributed by atoms with Crippen molar-refractivity contribution in [3.05, 3.63) is 95.1 Å². The first-order valence-electron chi connectivity index (χ1n) is 8.66. The van der Waals surface area contributed by atoms with Crippen LogP contribution in [0.5, 0.6) is 5.75 Å². The maximum Gasteiger partial charge on any atom is 0.416 e. The van der Waals surface area contributed by atoms with Crippen molar-refractivity contribution in [3.8, 4) is 5.75 Å². The summed E-state index contributed by atoms with van der Waals surface area (Å²) in [6, 6.07) is 20.1. The van der Waals surface area contributed by atoms with Crippen LogP contribution < -0.4 is 10.2 Å². The highest BCUT2D eigenvalue weighted by Gasteiger charge is 2.29. The lowest BCUT2D eigenvalue weighted by Gasteiger charge is -2.11. The van der Waals surface area contributed by atoms with Gasteiger partial charge in [0, 0.05) is 5.56 Å².